The van der Waals surface area contributed by atoms with Crippen molar-refractivity contribution >= 4 is 0 Å². The Balaban J connectivity index is 2.28. The minimum Gasteiger partial charge on any atom is -0.381 e. The van der Waals surface area contributed by atoms with Crippen molar-refractivity contribution < 1.29 is 4.74 Å². The van der Waals surface area contributed by atoms with E-state index in [1.54, 1.807) is 0 Å². The van der Waals surface area contributed by atoms with Crippen molar-refractivity contribution in [1.29, 1.82) is 0 Å². The van der Waals surface area contributed by atoms with Gasteiger partial charge < -0.3 is 10.1 Å². The highest BCUT2D eigenvalue weighted by Crippen LogP contribution is 2.26. The van der Waals surface area contributed by atoms with E-state index in [1.807, 2.05) is 0 Å². The predicted octanol–water partition coefficient (Wildman–Crippen LogP) is 3.22. The van der Waals surface area contributed by atoms with Gasteiger partial charge >= 0.3 is 0 Å². The van der Waals surface area contributed by atoms with Crippen LogP contribution in [0.3, 0.4) is 0 Å². The summed E-state index contributed by atoms with van der Waals surface area (Å²) in [6.45, 7) is 10.0. The Labute approximate surface area is 101 Å². The molecule has 0 saturated carbocycles. The van der Waals surface area contributed by atoms with E-state index in [2.05, 4.69) is 26.1 Å². The summed E-state index contributed by atoms with van der Waals surface area (Å²) in [5.74, 6) is 1.75. The minimum atomic E-state index is 0.674. The standard InChI is InChI=1S/C14H29NO/c1-4-8-15-12(3)14(5-2)11-13-6-9-16-10-7-13/h12-15H,4-11H2,1-3H3. The minimum absolute atomic E-state index is 0.674. The average Bonchev–Trinajstić information content (AvgIpc) is 2.34. The second-order valence-corrected chi connectivity index (χ2v) is 5.20. The fourth-order valence-corrected chi connectivity index (χ4v) is 2.67. The molecule has 1 aliphatic heterocycles. The van der Waals surface area contributed by atoms with Gasteiger partial charge in [0.15, 0.2) is 0 Å². The van der Waals surface area contributed by atoms with Crippen LogP contribution in [0.4, 0.5) is 0 Å². The summed E-state index contributed by atoms with van der Waals surface area (Å²) < 4.78 is 5.42. The first-order valence-corrected chi connectivity index (χ1v) is 7.09. The molecule has 96 valence electrons. The van der Waals surface area contributed by atoms with Gasteiger partial charge in [-0.2, -0.15) is 0 Å². The molecule has 0 aliphatic carbocycles. The SMILES string of the molecule is CCCNC(C)C(CC)CC1CCOCC1. The van der Waals surface area contributed by atoms with Gasteiger partial charge in [-0.3, -0.25) is 0 Å². The molecule has 0 radical (unpaired) electrons. The third-order valence-corrected chi connectivity index (χ3v) is 3.92. The summed E-state index contributed by atoms with van der Waals surface area (Å²) in [5.41, 5.74) is 0. The lowest BCUT2D eigenvalue weighted by atomic mass is 9.84. The zero-order chi connectivity index (χ0) is 11.8. The highest BCUT2D eigenvalue weighted by molar-refractivity contribution is 4.75. The first-order valence-electron chi connectivity index (χ1n) is 7.09. The molecule has 16 heavy (non-hydrogen) atoms. The molecule has 0 bridgehead atoms. The third-order valence-electron chi connectivity index (χ3n) is 3.92. The molecule has 2 unspecified atom stereocenters. The van der Waals surface area contributed by atoms with Crippen LogP contribution in [0.2, 0.25) is 0 Å². The van der Waals surface area contributed by atoms with Crippen molar-refractivity contribution in [3.63, 3.8) is 0 Å². The Hall–Kier alpha value is -0.0800. The van der Waals surface area contributed by atoms with Crippen LogP contribution in [0.1, 0.15) is 52.9 Å². The maximum Gasteiger partial charge on any atom is 0.0468 e. The second kappa shape index (κ2) is 8.08. The van der Waals surface area contributed by atoms with E-state index in [4.69, 9.17) is 4.74 Å². The molecule has 1 saturated heterocycles. The van der Waals surface area contributed by atoms with E-state index in [-0.39, 0.29) is 0 Å². The molecule has 0 aromatic heterocycles. The summed E-state index contributed by atoms with van der Waals surface area (Å²) in [6.07, 6.45) is 6.47. The summed E-state index contributed by atoms with van der Waals surface area (Å²) in [6, 6.07) is 0.674. The molecule has 1 rings (SSSR count). The van der Waals surface area contributed by atoms with Gasteiger partial charge in [0.2, 0.25) is 0 Å². The van der Waals surface area contributed by atoms with Crippen LogP contribution in [0.5, 0.6) is 0 Å². The fraction of sp³-hybridized carbons (Fsp3) is 1.00. The number of rotatable bonds is 7. The fourth-order valence-electron chi connectivity index (χ4n) is 2.67. The van der Waals surface area contributed by atoms with Crippen molar-refractivity contribution in [2.24, 2.45) is 11.8 Å². The maximum atomic E-state index is 5.42. The first-order chi connectivity index (χ1) is 7.77. The van der Waals surface area contributed by atoms with E-state index < -0.39 is 0 Å². The summed E-state index contributed by atoms with van der Waals surface area (Å²) in [5, 5.41) is 3.64. The van der Waals surface area contributed by atoms with Crippen LogP contribution in [-0.2, 0) is 4.74 Å². The molecule has 1 N–H and O–H groups in total. The topological polar surface area (TPSA) is 21.3 Å². The molecular weight excluding hydrogens is 198 g/mol. The Morgan fingerprint density at radius 2 is 1.94 bits per heavy atom. The van der Waals surface area contributed by atoms with Crippen molar-refractivity contribution in [1.82, 2.24) is 5.32 Å². The van der Waals surface area contributed by atoms with E-state index in [0.29, 0.717) is 6.04 Å². The van der Waals surface area contributed by atoms with Gasteiger partial charge in [0.05, 0.1) is 0 Å². The lowest BCUT2D eigenvalue weighted by Crippen LogP contribution is -2.35. The van der Waals surface area contributed by atoms with Crippen molar-refractivity contribution in [3.05, 3.63) is 0 Å². The summed E-state index contributed by atoms with van der Waals surface area (Å²) in [7, 11) is 0. The Kier molecular flexibility index (Phi) is 7.06. The van der Waals surface area contributed by atoms with Gasteiger partial charge in [-0.1, -0.05) is 20.3 Å². The van der Waals surface area contributed by atoms with Crippen LogP contribution < -0.4 is 5.32 Å². The van der Waals surface area contributed by atoms with E-state index in [9.17, 15) is 0 Å². The highest BCUT2D eigenvalue weighted by Gasteiger charge is 2.21. The molecule has 2 atom stereocenters. The molecule has 1 aliphatic rings. The first kappa shape index (κ1) is 14.0. The smallest absolute Gasteiger partial charge is 0.0468 e. The van der Waals surface area contributed by atoms with E-state index >= 15 is 0 Å². The Morgan fingerprint density at radius 3 is 2.50 bits per heavy atom. The van der Waals surface area contributed by atoms with Gasteiger partial charge in [0, 0.05) is 19.3 Å². The maximum absolute atomic E-state index is 5.42. The normalized spacial score (nSPS) is 21.9. The van der Waals surface area contributed by atoms with Gasteiger partial charge in [0.25, 0.3) is 0 Å². The molecule has 2 nitrogen and oxygen atoms in total. The van der Waals surface area contributed by atoms with E-state index in [1.165, 1.54) is 32.1 Å². The lowest BCUT2D eigenvalue weighted by molar-refractivity contribution is 0.0562. The van der Waals surface area contributed by atoms with Crippen molar-refractivity contribution in [2.45, 2.75) is 58.9 Å². The zero-order valence-electron chi connectivity index (χ0n) is 11.3. The molecule has 0 spiro atoms. The molecule has 1 heterocycles. The molecule has 0 aromatic rings. The van der Waals surface area contributed by atoms with Gasteiger partial charge in [-0.05, 0) is 51.0 Å². The van der Waals surface area contributed by atoms with Crippen LogP contribution in [0.15, 0.2) is 0 Å². The molecular formula is C14H29NO. The van der Waals surface area contributed by atoms with Crippen LogP contribution in [0.25, 0.3) is 0 Å². The largest absolute Gasteiger partial charge is 0.381 e. The second-order valence-electron chi connectivity index (χ2n) is 5.20. The number of nitrogens with one attached hydrogen (secondary N) is 1. The van der Waals surface area contributed by atoms with Crippen LogP contribution >= 0.6 is 0 Å². The van der Waals surface area contributed by atoms with Crippen LogP contribution in [-0.4, -0.2) is 25.8 Å². The van der Waals surface area contributed by atoms with Crippen molar-refractivity contribution in [3.8, 4) is 0 Å². The van der Waals surface area contributed by atoms with Gasteiger partial charge in [-0.15, -0.1) is 0 Å². The van der Waals surface area contributed by atoms with Crippen LogP contribution in [0, 0.1) is 11.8 Å². The zero-order valence-corrected chi connectivity index (χ0v) is 11.3. The third kappa shape index (κ3) is 4.84. The predicted molar refractivity (Wildman–Crippen MR) is 69.7 cm³/mol. The molecule has 1 fully saturated rings. The quantitative estimate of drug-likeness (QED) is 0.721. The number of hydrogen-bond donors (Lipinski definition) is 1. The number of hydrogen-bond acceptors (Lipinski definition) is 2. The summed E-state index contributed by atoms with van der Waals surface area (Å²) in [4.78, 5) is 0. The molecule has 0 amide bonds. The Bertz CT molecular complexity index is 166. The highest BCUT2D eigenvalue weighted by atomic mass is 16.5. The summed E-state index contributed by atoms with van der Waals surface area (Å²) >= 11 is 0. The van der Waals surface area contributed by atoms with Crippen molar-refractivity contribution in [2.75, 3.05) is 19.8 Å². The van der Waals surface area contributed by atoms with Gasteiger partial charge in [0.1, 0.15) is 0 Å². The Morgan fingerprint density at radius 1 is 1.25 bits per heavy atom. The molecule has 0 aromatic carbocycles. The lowest BCUT2D eigenvalue weighted by Gasteiger charge is -2.30. The van der Waals surface area contributed by atoms with Gasteiger partial charge in [-0.25, -0.2) is 0 Å². The number of ether oxygens (including phenoxy) is 1. The van der Waals surface area contributed by atoms with E-state index in [0.717, 1.165) is 31.6 Å². The molecule has 2 heteroatoms. The monoisotopic (exact) mass is 227 g/mol. The average molecular weight is 227 g/mol.